The van der Waals surface area contributed by atoms with Gasteiger partial charge in [0, 0.05) is 28.7 Å². The van der Waals surface area contributed by atoms with Crippen LogP contribution < -0.4 is 16.2 Å². The third-order valence-corrected chi connectivity index (χ3v) is 8.33. The summed E-state index contributed by atoms with van der Waals surface area (Å²) in [6.45, 7) is 0.590. The first-order valence-electron chi connectivity index (χ1n) is 12.2. The maximum Gasteiger partial charge on any atom is 0.573 e. The highest BCUT2D eigenvalue weighted by atomic mass is 19.4. The molecular weight excluding hydrogens is 527 g/mol. The Kier molecular flexibility index (Phi) is 6.01. The van der Waals surface area contributed by atoms with Crippen LogP contribution in [-0.4, -0.2) is 74.4 Å². The first-order valence-corrected chi connectivity index (χ1v) is 12.2. The number of ketones is 2. The van der Waals surface area contributed by atoms with Gasteiger partial charge in [-0.1, -0.05) is 0 Å². The molecule has 210 valence electrons. The van der Waals surface area contributed by atoms with Crippen molar-refractivity contribution in [3.8, 4) is 11.5 Å². The topological polar surface area (TPSA) is 197 Å². The molecule has 1 fully saturated rings. The van der Waals surface area contributed by atoms with E-state index in [0.29, 0.717) is 19.4 Å². The van der Waals surface area contributed by atoms with Crippen LogP contribution in [0, 0.1) is 11.8 Å². The van der Waals surface area contributed by atoms with Crippen molar-refractivity contribution in [2.45, 2.75) is 49.7 Å². The van der Waals surface area contributed by atoms with E-state index < -0.39 is 93.1 Å². The molecule has 1 amide bonds. The number of alkyl halides is 3. The lowest BCUT2D eigenvalue weighted by Gasteiger charge is -2.47. The number of fused-ring (bicyclic) bond motifs is 3. The van der Waals surface area contributed by atoms with Crippen molar-refractivity contribution in [1.82, 2.24) is 4.90 Å². The second kappa shape index (κ2) is 8.69. The van der Waals surface area contributed by atoms with Crippen LogP contribution in [0.3, 0.4) is 0 Å². The summed E-state index contributed by atoms with van der Waals surface area (Å²) in [5, 5.41) is 43.7. The number of phenols is 1. The zero-order chi connectivity index (χ0) is 28.8. The van der Waals surface area contributed by atoms with Crippen molar-refractivity contribution < 1.29 is 52.7 Å². The SMILES string of the molecule is CN1CCC[C@H]1c1cc(O)c2c(c1OC(F)(F)F)C[C@H]1C[C@H]3[C@H](N)C(O)=C(C(N)=O)C(=O)[C@@]3(O)C(O)=C1C2=O. The van der Waals surface area contributed by atoms with E-state index in [4.69, 9.17) is 11.5 Å². The lowest BCUT2D eigenvalue weighted by Crippen LogP contribution is -2.63. The second-order valence-corrected chi connectivity index (χ2v) is 10.4. The molecule has 14 heteroatoms. The fourth-order valence-corrected chi connectivity index (χ4v) is 6.58. The number of aliphatic hydroxyl groups excluding tert-OH is 2. The molecule has 0 unspecified atom stereocenters. The zero-order valence-corrected chi connectivity index (χ0v) is 20.6. The molecule has 0 spiro atoms. The smallest absolute Gasteiger partial charge is 0.510 e. The first-order chi connectivity index (χ1) is 18.1. The molecule has 3 aliphatic carbocycles. The van der Waals surface area contributed by atoms with E-state index in [1.54, 1.807) is 11.9 Å². The van der Waals surface area contributed by atoms with Gasteiger partial charge in [-0.3, -0.25) is 19.3 Å². The molecule has 11 nitrogen and oxygen atoms in total. The van der Waals surface area contributed by atoms with Crippen LogP contribution in [0.1, 0.15) is 46.8 Å². The lowest BCUT2D eigenvalue weighted by atomic mass is 9.59. The van der Waals surface area contributed by atoms with Crippen molar-refractivity contribution in [3.63, 3.8) is 0 Å². The number of amides is 1. The molecule has 5 rings (SSSR count). The Labute approximate surface area is 219 Å². The number of carbonyl (C=O) groups is 3. The van der Waals surface area contributed by atoms with Crippen molar-refractivity contribution in [2.24, 2.45) is 23.3 Å². The number of benzene rings is 1. The summed E-state index contributed by atoms with van der Waals surface area (Å²) in [6.07, 6.45) is -4.67. The molecule has 0 saturated carbocycles. The number of aliphatic hydroxyl groups is 3. The standard InChI is InChI=1S/C25H26F3N3O8/c1-31-4-2-3-12(31)9-7-13(32)15-10(20(9)39-25(26,27)28)5-8-6-11-17(29)19(34)16(23(30)37)22(36)24(11,38)21(35)14(8)18(15)33/h7-8,11-12,17,32,34-35,38H,2-6,29H2,1H3,(H2,30,37)/t8-,11-,12-,17-,24-/m0/s1. The number of phenolic OH excluding ortho intramolecular Hbond substituents is 1. The Morgan fingerprint density at radius 1 is 1.23 bits per heavy atom. The zero-order valence-electron chi connectivity index (χ0n) is 20.6. The molecule has 8 N–H and O–H groups in total. The predicted octanol–water partition coefficient (Wildman–Crippen LogP) is 1.18. The van der Waals surface area contributed by atoms with Crippen molar-refractivity contribution in [3.05, 3.63) is 45.4 Å². The lowest BCUT2D eigenvalue weighted by molar-refractivity contribution is -0.275. The largest absolute Gasteiger partial charge is 0.573 e. The highest BCUT2D eigenvalue weighted by molar-refractivity contribution is 6.24. The van der Waals surface area contributed by atoms with E-state index >= 15 is 0 Å². The summed E-state index contributed by atoms with van der Waals surface area (Å²) >= 11 is 0. The molecular formula is C25H26F3N3O8. The van der Waals surface area contributed by atoms with E-state index in [2.05, 4.69) is 4.74 Å². The number of likely N-dealkylation sites (tertiary alicyclic amines) is 1. The van der Waals surface area contributed by atoms with Crippen molar-refractivity contribution >= 4 is 17.5 Å². The number of nitrogens with two attached hydrogens (primary N) is 2. The van der Waals surface area contributed by atoms with Gasteiger partial charge in [0.15, 0.2) is 11.4 Å². The van der Waals surface area contributed by atoms with E-state index in [0.717, 1.165) is 6.07 Å². The van der Waals surface area contributed by atoms with Crippen LogP contribution in [0.4, 0.5) is 13.2 Å². The Morgan fingerprint density at radius 3 is 2.46 bits per heavy atom. The number of rotatable bonds is 3. The van der Waals surface area contributed by atoms with Gasteiger partial charge in [0.1, 0.15) is 28.6 Å². The van der Waals surface area contributed by atoms with Crippen LogP contribution in [0.25, 0.3) is 0 Å². The molecule has 1 aromatic carbocycles. The van der Waals surface area contributed by atoms with E-state index in [9.17, 15) is 48.0 Å². The third-order valence-electron chi connectivity index (χ3n) is 8.33. The van der Waals surface area contributed by atoms with Crippen LogP contribution in [0.2, 0.25) is 0 Å². The van der Waals surface area contributed by atoms with Gasteiger partial charge in [0.25, 0.3) is 5.91 Å². The Balaban J connectivity index is 1.71. The number of hydrogen-bond acceptors (Lipinski definition) is 10. The highest BCUT2D eigenvalue weighted by Crippen LogP contribution is 2.54. The number of primary amides is 1. The fourth-order valence-electron chi connectivity index (χ4n) is 6.58. The Morgan fingerprint density at radius 2 is 1.90 bits per heavy atom. The van der Waals surface area contributed by atoms with Gasteiger partial charge in [-0.05, 0) is 51.3 Å². The molecule has 0 radical (unpaired) electrons. The number of carbonyl (C=O) groups excluding carboxylic acids is 3. The third kappa shape index (κ3) is 3.80. The summed E-state index contributed by atoms with van der Waals surface area (Å²) in [4.78, 5) is 40.4. The number of nitrogens with zero attached hydrogens (tertiary/aromatic N) is 1. The number of allylic oxidation sites excluding steroid dienone is 1. The molecule has 1 heterocycles. The summed E-state index contributed by atoms with van der Waals surface area (Å²) < 4.78 is 45.2. The van der Waals surface area contributed by atoms with E-state index in [1.807, 2.05) is 0 Å². The number of halogens is 3. The molecule has 0 bridgehead atoms. The number of aromatic hydroxyl groups is 1. The minimum absolute atomic E-state index is 0.0385. The first kappa shape index (κ1) is 27.0. The second-order valence-electron chi connectivity index (χ2n) is 10.4. The summed E-state index contributed by atoms with van der Waals surface area (Å²) in [5.74, 6) is -9.91. The molecule has 1 saturated heterocycles. The minimum atomic E-state index is -5.13. The molecule has 1 aromatic rings. The quantitative estimate of drug-likeness (QED) is 0.296. The highest BCUT2D eigenvalue weighted by Gasteiger charge is 2.62. The van der Waals surface area contributed by atoms with Gasteiger partial charge in [0.2, 0.25) is 5.78 Å². The normalized spacial score (nSPS) is 31.2. The monoisotopic (exact) mass is 553 g/mol. The van der Waals surface area contributed by atoms with Crippen LogP contribution >= 0.6 is 0 Å². The fraction of sp³-hybridized carbons (Fsp3) is 0.480. The maximum absolute atomic E-state index is 13.6. The molecule has 1 aliphatic heterocycles. The van der Waals surface area contributed by atoms with Crippen LogP contribution in [-0.2, 0) is 16.0 Å². The van der Waals surface area contributed by atoms with Crippen LogP contribution in [0.15, 0.2) is 28.7 Å². The Hall–Kier alpha value is -3.62. The predicted molar refractivity (Wildman–Crippen MR) is 125 cm³/mol. The van der Waals surface area contributed by atoms with Crippen molar-refractivity contribution in [2.75, 3.05) is 13.6 Å². The van der Waals surface area contributed by atoms with Gasteiger partial charge >= 0.3 is 6.36 Å². The number of hydrogen-bond donors (Lipinski definition) is 6. The van der Waals surface area contributed by atoms with Gasteiger partial charge in [-0.15, -0.1) is 13.2 Å². The summed E-state index contributed by atoms with van der Waals surface area (Å²) in [7, 11) is 1.71. The van der Waals surface area contributed by atoms with Gasteiger partial charge in [-0.25, -0.2) is 0 Å². The molecule has 39 heavy (non-hydrogen) atoms. The molecule has 5 atom stereocenters. The number of ether oxygens (including phenoxy) is 1. The van der Waals surface area contributed by atoms with E-state index in [1.165, 1.54) is 0 Å². The maximum atomic E-state index is 13.6. The van der Waals surface area contributed by atoms with Gasteiger partial charge < -0.3 is 36.6 Å². The van der Waals surface area contributed by atoms with Crippen LogP contribution in [0.5, 0.6) is 11.5 Å². The number of Topliss-reactive ketones (excluding diaryl/α,β-unsaturated/α-hetero) is 2. The van der Waals surface area contributed by atoms with E-state index in [-0.39, 0.29) is 24.0 Å². The van der Waals surface area contributed by atoms with Gasteiger partial charge in [0.05, 0.1) is 11.6 Å². The van der Waals surface area contributed by atoms with Crippen molar-refractivity contribution in [1.29, 1.82) is 0 Å². The minimum Gasteiger partial charge on any atom is -0.510 e. The Bertz CT molecular complexity index is 1390. The molecule has 0 aromatic heterocycles. The summed E-state index contributed by atoms with van der Waals surface area (Å²) in [6, 6.07) is -1.08. The average Bonchev–Trinajstić information content (AvgIpc) is 3.25. The molecule has 4 aliphatic rings. The van der Waals surface area contributed by atoms with Gasteiger partial charge in [-0.2, -0.15) is 0 Å². The summed E-state index contributed by atoms with van der Waals surface area (Å²) in [5.41, 5.74) is 5.94. The average molecular weight is 553 g/mol.